The van der Waals surface area contributed by atoms with Crippen molar-refractivity contribution < 1.29 is 19.1 Å². The van der Waals surface area contributed by atoms with Crippen LogP contribution < -0.4 is 0 Å². The zero-order valence-electron chi connectivity index (χ0n) is 11.4. The van der Waals surface area contributed by atoms with Gasteiger partial charge in [-0.1, -0.05) is 11.6 Å². The largest absolute Gasteiger partial charge is 0.466 e. The summed E-state index contributed by atoms with van der Waals surface area (Å²) in [5.74, 6) is -0.960. The van der Waals surface area contributed by atoms with E-state index in [-0.39, 0.29) is 23.8 Å². The van der Waals surface area contributed by atoms with E-state index in [1.165, 1.54) is 0 Å². The van der Waals surface area contributed by atoms with Crippen LogP contribution in [-0.4, -0.2) is 25.2 Å². The summed E-state index contributed by atoms with van der Waals surface area (Å²) in [7, 11) is 0. The van der Waals surface area contributed by atoms with Crippen molar-refractivity contribution >= 4 is 11.9 Å². The Kier molecular flexibility index (Phi) is 5.89. The highest BCUT2D eigenvalue weighted by atomic mass is 16.5. The second-order valence-corrected chi connectivity index (χ2v) is 4.59. The number of esters is 2. The van der Waals surface area contributed by atoms with Gasteiger partial charge in [0.15, 0.2) is 0 Å². The predicted octanol–water partition coefficient (Wildman–Crippen LogP) is 2.48. The van der Waals surface area contributed by atoms with Gasteiger partial charge in [0.2, 0.25) is 0 Å². The average molecular weight is 254 g/mol. The van der Waals surface area contributed by atoms with E-state index in [0.29, 0.717) is 19.6 Å². The van der Waals surface area contributed by atoms with E-state index in [1.54, 1.807) is 13.8 Å². The zero-order valence-corrected chi connectivity index (χ0v) is 11.4. The molecule has 0 aromatic carbocycles. The Morgan fingerprint density at radius 3 is 2.44 bits per heavy atom. The first-order valence-corrected chi connectivity index (χ1v) is 6.59. The molecule has 1 aliphatic carbocycles. The molecule has 0 aliphatic heterocycles. The second kappa shape index (κ2) is 7.19. The lowest BCUT2D eigenvalue weighted by Crippen LogP contribution is -2.24. The Bertz CT molecular complexity index is 333. The molecule has 102 valence electrons. The van der Waals surface area contributed by atoms with E-state index in [4.69, 9.17) is 9.47 Å². The van der Waals surface area contributed by atoms with Crippen molar-refractivity contribution in [3.05, 3.63) is 11.6 Å². The highest BCUT2D eigenvalue weighted by Crippen LogP contribution is 2.28. The zero-order chi connectivity index (χ0) is 13.5. The summed E-state index contributed by atoms with van der Waals surface area (Å²) in [4.78, 5) is 23.6. The van der Waals surface area contributed by atoms with Gasteiger partial charge in [0.05, 0.1) is 25.0 Å². The van der Waals surface area contributed by atoms with E-state index in [9.17, 15) is 9.59 Å². The number of ether oxygens (including phenoxy) is 2. The molecule has 2 atom stereocenters. The van der Waals surface area contributed by atoms with Crippen molar-refractivity contribution in [2.45, 2.75) is 40.0 Å². The maximum atomic E-state index is 11.8. The van der Waals surface area contributed by atoms with Gasteiger partial charge in [0, 0.05) is 0 Å². The molecule has 1 rings (SSSR count). The first-order chi connectivity index (χ1) is 8.58. The molecule has 0 amide bonds. The Morgan fingerprint density at radius 1 is 1.22 bits per heavy atom. The van der Waals surface area contributed by atoms with Crippen molar-refractivity contribution in [2.24, 2.45) is 11.8 Å². The van der Waals surface area contributed by atoms with Crippen molar-refractivity contribution in [1.29, 1.82) is 0 Å². The summed E-state index contributed by atoms with van der Waals surface area (Å²) < 4.78 is 10.1. The van der Waals surface area contributed by atoms with Crippen LogP contribution in [0.15, 0.2) is 11.6 Å². The third-order valence-corrected chi connectivity index (χ3v) is 3.12. The number of allylic oxidation sites excluding steroid dienone is 1. The molecule has 2 unspecified atom stereocenters. The Morgan fingerprint density at radius 2 is 1.83 bits per heavy atom. The number of rotatable bonds is 4. The van der Waals surface area contributed by atoms with Gasteiger partial charge in [-0.15, -0.1) is 0 Å². The van der Waals surface area contributed by atoms with Crippen LogP contribution >= 0.6 is 0 Å². The van der Waals surface area contributed by atoms with Crippen LogP contribution in [0.2, 0.25) is 0 Å². The summed E-state index contributed by atoms with van der Waals surface area (Å²) in [5, 5.41) is 0. The lowest BCUT2D eigenvalue weighted by Gasteiger charge is -2.16. The fraction of sp³-hybridized carbons (Fsp3) is 0.714. The van der Waals surface area contributed by atoms with Gasteiger partial charge in [-0.3, -0.25) is 9.59 Å². The molecule has 0 saturated heterocycles. The van der Waals surface area contributed by atoms with Crippen LogP contribution in [0.1, 0.15) is 40.0 Å². The number of hydrogen-bond acceptors (Lipinski definition) is 4. The molecule has 4 nitrogen and oxygen atoms in total. The summed E-state index contributed by atoms with van der Waals surface area (Å²) in [6, 6.07) is 0. The highest BCUT2D eigenvalue weighted by molar-refractivity contribution is 5.77. The van der Waals surface area contributed by atoms with Crippen LogP contribution in [0.5, 0.6) is 0 Å². The smallest absolute Gasteiger partial charge is 0.312 e. The molecule has 0 radical (unpaired) electrons. The number of carbonyl (C=O) groups excluding carboxylic acids is 2. The molecule has 0 saturated carbocycles. The molecule has 0 heterocycles. The SMILES string of the molecule is CCOC(=O)C1C=C(C)CCC(C(=O)OCC)C1. The van der Waals surface area contributed by atoms with Gasteiger partial charge in [-0.2, -0.15) is 0 Å². The van der Waals surface area contributed by atoms with Crippen molar-refractivity contribution in [3.63, 3.8) is 0 Å². The minimum Gasteiger partial charge on any atom is -0.466 e. The summed E-state index contributed by atoms with van der Waals surface area (Å²) >= 11 is 0. The molecule has 1 aliphatic rings. The van der Waals surface area contributed by atoms with Crippen LogP contribution in [0.3, 0.4) is 0 Å². The van der Waals surface area contributed by atoms with Gasteiger partial charge < -0.3 is 9.47 Å². The van der Waals surface area contributed by atoms with Crippen LogP contribution in [-0.2, 0) is 19.1 Å². The van der Waals surface area contributed by atoms with Gasteiger partial charge in [-0.05, 0) is 40.0 Å². The van der Waals surface area contributed by atoms with Crippen LogP contribution in [0.25, 0.3) is 0 Å². The first-order valence-electron chi connectivity index (χ1n) is 6.59. The van der Waals surface area contributed by atoms with E-state index < -0.39 is 0 Å². The summed E-state index contributed by atoms with van der Waals surface area (Å²) in [6.45, 7) is 6.31. The Hall–Kier alpha value is -1.32. The highest BCUT2D eigenvalue weighted by Gasteiger charge is 2.29. The predicted molar refractivity (Wildman–Crippen MR) is 67.9 cm³/mol. The van der Waals surface area contributed by atoms with Gasteiger partial charge >= 0.3 is 11.9 Å². The maximum absolute atomic E-state index is 11.8. The lowest BCUT2D eigenvalue weighted by molar-refractivity contribution is -0.151. The third-order valence-electron chi connectivity index (χ3n) is 3.12. The van der Waals surface area contributed by atoms with Gasteiger partial charge in [0.1, 0.15) is 0 Å². The fourth-order valence-electron chi connectivity index (χ4n) is 2.21. The number of carbonyl (C=O) groups is 2. The molecule has 0 N–H and O–H groups in total. The molecule has 0 aromatic heterocycles. The Balaban J connectivity index is 2.72. The van der Waals surface area contributed by atoms with E-state index in [0.717, 1.165) is 18.4 Å². The quantitative estimate of drug-likeness (QED) is 0.571. The third kappa shape index (κ3) is 4.17. The lowest BCUT2D eigenvalue weighted by atomic mass is 9.94. The normalized spacial score (nSPS) is 23.8. The van der Waals surface area contributed by atoms with Crippen molar-refractivity contribution in [1.82, 2.24) is 0 Å². The molecule has 0 fully saturated rings. The van der Waals surface area contributed by atoms with E-state index in [1.807, 2.05) is 13.0 Å². The minimum absolute atomic E-state index is 0.199. The average Bonchev–Trinajstić information content (AvgIpc) is 2.52. The van der Waals surface area contributed by atoms with E-state index in [2.05, 4.69) is 0 Å². The van der Waals surface area contributed by atoms with Crippen LogP contribution in [0.4, 0.5) is 0 Å². The fourth-order valence-corrected chi connectivity index (χ4v) is 2.21. The summed E-state index contributed by atoms with van der Waals surface area (Å²) in [5.41, 5.74) is 1.14. The standard InChI is InChI=1S/C14H22O4/c1-4-17-13(15)11-7-6-10(3)8-12(9-11)14(16)18-5-2/h8,11-12H,4-7,9H2,1-3H3. The second-order valence-electron chi connectivity index (χ2n) is 4.59. The molecular weight excluding hydrogens is 232 g/mol. The molecule has 0 aromatic rings. The first kappa shape index (κ1) is 14.7. The van der Waals surface area contributed by atoms with Gasteiger partial charge in [-0.25, -0.2) is 0 Å². The number of hydrogen-bond donors (Lipinski definition) is 0. The van der Waals surface area contributed by atoms with E-state index >= 15 is 0 Å². The van der Waals surface area contributed by atoms with Gasteiger partial charge in [0.25, 0.3) is 0 Å². The molecule has 0 spiro atoms. The Labute approximate surface area is 108 Å². The minimum atomic E-state index is -0.318. The molecule has 0 bridgehead atoms. The monoisotopic (exact) mass is 254 g/mol. The molecule has 18 heavy (non-hydrogen) atoms. The molecule has 4 heteroatoms. The van der Waals surface area contributed by atoms with Crippen molar-refractivity contribution in [2.75, 3.05) is 13.2 Å². The maximum Gasteiger partial charge on any atom is 0.312 e. The molecular formula is C14H22O4. The van der Waals surface area contributed by atoms with Crippen molar-refractivity contribution in [3.8, 4) is 0 Å². The summed E-state index contributed by atoms with van der Waals surface area (Å²) in [6.07, 6.45) is 4.00. The van der Waals surface area contributed by atoms with Crippen LogP contribution in [0, 0.1) is 11.8 Å². The topological polar surface area (TPSA) is 52.6 Å².